The lowest BCUT2D eigenvalue weighted by Gasteiger charge is -2.15. The van der Waals surface area contributed by atoms with Crippen molar-refractivity contribution < 1.29 is 0 Å². The quantitative estimate of drug-likeness (QED) is 0.460. The number of rotatable bonds is 0. The third kappa shape index (κ3) is 1.29. The number of hydrogen-bond donors (Lipinski definition) is 0. The van der Waals surface area contributed by atoms with Crippen molar-refractivity contribution in [3.8, 4) is 0 Å². The summed E-state index contributed by atoms with van der Waals surface area (Å²) in [5.74, 6) is 0. The minimum Gasteiger partial charge on any atom is -0.0646 e. The summed E-state index contributed by atoms with van der Waals surface area (Å²) in [6, 6.07) is 0. The van der Waals surface area contributed by atoms with Gasteiger partial charge in [-0.15, -0.1) is 0 Å². The molecule has 2 heteroatoms. The van der Waals surface area contributed by atoms with E-state index in [1.165, 1.54) is 20.5 Å². The molecule has 0 amide bonds. The van der Waals surface area contributed by atoms with Crippen LogP contribution in [0.4, 0.5) is 0 Å². The van der Waals surface area contributed by atoms with Crippen molar-refractivity contribution in [1.29, 1.82) is 0 Å². The Morgan fingerprint density at radius 3 is 0.917 bits per heavy atom. The van der Waals surface area contributed by atoms with Gasteiger partial charge in [0, 0.05) is 20.5 Å². The zero-order valence-corrected chi connectivity index (χ0v) is 13.0. The van der Waals surface area contributed by atoms with Crippen LogP contribution in [0.25, 0.3) is 0 Å². The Kier molecular flexibility index (Phi) is 2.59. The Balaban J connectivity index is 3.60. The normalized spacial score (nSPS) is 11.0. The van der Waals surface area contributed by atoms with Crippen LogP contribution >= 0.6 is 0 Å². The smallest absolute Gasteiger partial charge is 0.0392 e. The van der Waals surface area contributed by atoms with Crippen LogP contribution in [-0.2, 0) is 0 Å². The standard InChI is InChI=1S/C10H18Si2/c1-5-6(2)10(12)8(4)7(3)9(5)11/h1-4,11-12H3. The summed E-state index contributed by atoms with van der Waals surface area (Å²) in [6.45, 7) is 9.08. The van der Waals surface area contributed by atoms with E-state index in [-0.39, 0.29) is 0 Å². The van der Waals surface area contributed by atoms with Crippen molar-refractivity contribution in [3.05, 3.63) is 22.3 Å². The van der Waals surface area contributed by atoms with E-state index in [0.29, 0.717) is 0 Å². The Morgan fingerprint density at radius 2 is 0.750 bits per heavy atom. The van der Waals surface area contributed by atoms with Gasteiger partial charge in [-0.2, -0.15) is 0 Å². The van der Waals surface area contributed by atoms with Crippen molar-refractivity contribution in [2.75, 3.05) is 0 Å². The molecule has 0 fully saturated rings. The summed E-state index contributed by atoms with van der Waals surface area (Å²) < 4.78 is 0. The van der Waals surface area contributed by atoms with E-state index in [2.05, 4.69) is 27.7 Å². The molecule has 0 aliphatic carbocycles. The maximum Gasteiger partial charge on any atom is 0.0392 e. The predicted molar refractivity (Wildman–Crippen MR) is 64.5 cm³/mol. The van der Waals surface area contributed by atoms with Gasteiger partial charge in [-0.1, -0.05) is 10.4 Å². The fourth-order valence-electron chi connectivity index (χ4n) is 1.69. The van der Waals surface area contributed by atoms with Gasteiger partial charge in [0.1, 0.15) is 0 Å². The van der Waals surface area contributed by atoms with Crippen molar-refractivity contribution >= 4 is 30.9 Å². The molecule has 1 aromatic carbocycles. The van der Waals surface area contributed by atoms with Crippen LogP contribution in [-0.4, -0.2) is 20.5 Å². The molecular formula is C10H18Si2. The highest BCUT2D eigenvalue weighted by Crippen LogP contribution is 2.07. The van der Waals surface area contributed by atoms with Gasteiger partial charge in [0.25, 0.3) is 0 Å². The second-order valence-corrected chi connectivity index (χ2v) is 5.75. The van der Waals surface area contributed by atoms with Crippen LogP contribution in [0.5, 0.6) is 0 Å². The maximum atomic E-state index is 2.27. The molecule has 0 N–H and O–H groups in total. The summed E-state index contributed by atoms with van der Waals surface area (Å²) in [4.78, 5) is 0. The number of hydrogen-bond acceptors (Lipinski definition) is 0. The van der Waals surface area contributed by atoms with Gasteiger partial charge >= 0.3 is 0 Å². The fourth-order valence-corrected chi connectivity index (χ4v) is 3.19. The molecule has 0 bridgehead atoms. The Bertz CT molecular complexity index is 222. The minimum atomic E-state index is 1.19. The Labute approximate surface area is 81.2 Å². The summed E-state index contributed by atoms with van der Waals surface area (Å²) in [5, 5.41) is 3.23. The first-order chi connectivity index (χ1) is 5.46. The van der Waals surface area contributed by atoms with Gasteiger partial charge in [0.2, 0.25) is 0 Å². The van der Waals surface area contributed by atoms with Crippen LogP contribution in [0.2, 0.25) is 0 Å². The largest absolute Gasteiger partial charge is 0.0646 e. The molecule has 0 heterocycles. The molecule has 66 valence electrons. The van der Waals surface area contributed by atoms with E-state index in [1.807, 2.05) is 0 Å². The fraction of sp³-hybridized carbons (Fsp3) is 0.400. The molecule has 0 spiro atoms. The molecule has 1 rings (SSSR count). The monoisotopic (exact) mass is 194 g/mol. The zero-order chi connectivity index (χ0) is 9.46. The van der Waals surface area contributed by atoms with E-state index in [0.717, 1.165) is 0 Å². The summed E-state index contributed by atoms with van der Waals surface area (Å²) >= 11 is 0. The molecule has 0 radical (unpaired) electrons. The van der Waals surface area contributed by atoms with Crippen LogP contribution in [0.3, 0.4) is 0 Å². The van der Waals surface area contributed by atoms with Gasteiger partial charge < -0.3 is 0 Å². The lowest BCUT2D eigenvalue weighted by Crippen LogP contribution is -2.25. The van der Waals surface area contributed by atoms with Crippen molar-refractivity contribution in [2.45, 2.75) is 27.7 Å². The van der Waals surface area contributed by atoms with Gasteiger partial charge in [0.05, 0.1) is 0 Å². The van der Waals surface area contributed by atoms with E-state index >= 15 is 0 Å². The van der Waals surface area contributed by atoms with Crippen molar-refractivity contribution in [2.24, 2.45) is 0 Å². The third-order valence-electron chi connectivity index (χ3n) is 3.38. The van der Waals surface area contributed by atoms with Crippen molar-refractivity contribution in [3.63, 3.8) is 0 Å². The first-order valence-electron chi connectivity index (χ1n) is 4.50. The molecule has 0 aliphatic heterocycles. The molecule has 0 aliphatic rings. The minimum absolute atomic E-state index is 1.19. The highest BCUT2D eigenvalue weighted by atomic mass is 28.1. The van der Waals surface area contributed by atoms with E-state index in [4.69, 9.17) is 0 Å². The van der Waals surface area contributed by atoms with Crippen LogP contribution in [0, 0.1) is 27.7 Å². The maximum absolute atomic E-state index is 2.27. The molecule has 0 saturated heterocycles. The molecule has 12 heavy (non-hydrogen) atoms. The van der Waals surface area contributed by atoms with Crippen molar-refractivity contribution in [1.82, 2.24) is 0 Å². The van der Waals surface area contributed by atoms with Crippen LogP contribution in [0.1, 0.15) is 22.3 Å². The average molecular weight is 194 g/mol. The third-order valence-corrected chi connectivity index (χ3v) is 6.38. The van der Waals surface area contributed by atoms with E-state index in [1.54, 1.807) is 32.6 Å². The van der Waals surface area contributed by atoms with Crippen LogP contribution < -0.4 is 10.4 Å². The zero-order valence-electron chi connectivity index (χ0n) is 9.00. The number of benzene rings is 1. The molecule has 0 atom stereocenters. The second kappa shape index (κ2) is 3.19. The Morgan fingerprint density at radius 1 is 0.583 bits per heavy atom. The van der Waals surface area contributed by atoms with Gasteiger partial charge in [0.15, 0.2) is 0 Å². The molecule has 0 saturated carbocycles. The highest BCUT2D eigenvalue weighted by molar-refractivity contribution is 6.38. The topological polar surface area (TPSA) is 0 Å². The average Bonchev–Trinajstić information content (AvgIpc) is 2.08. The summed E-state index contributed by atoms with van der Waals surface area (Å²) in [5.41, 5.74) is 6.20. The predicted octanol–water partition coefficient (Wildman–Crippen LogP) is -1.10. The molecule has 1 aromatic rings. The first-order valence-corrected chi connectivity index (χ1v) is 6.50. The second-order valence-electron chi connectivity index (χ2n) is 3.75. The summed E-state index contributed by atoms with van der Waals surface area (Å²) in [6.07, 6.45) is 0. The molecule has 0 unspecified atom stereocenters. The van der Waals surface area contributed by atoms with E-state index in [9.17, 15) is 0 Å². The van der Waals surface area contributed by atoms with Gasteiger partial charge in [-0.25, -0.2) is 0 Å². The SMILES string of the molecule is Cc1c(C)c([SiH3])c(C)c(C)c1[SiH3]. The van der Waals surface area contributed by atoms with Crippen LogP contribution in [0.15, 0.2) is 0 Å². The lowest BCUT2D eigenvalue weighted by atomic mass is 10.0. The lowest BCUT2D eigenvalue weighted by molar-refractivity contribution is 1.30. The van der Waals surface area contributed by atoms with Gasteiger partial charge in [-0.05, 0) is 49.9 Å². The van der Waals surface area contributed by atoms with Gasteiger partial charge in [-0.3, -0.25) is 0 Å². The molecule has 0 aromatic heterocycles. The molecular weight excluding hydrogens is 176 g/mol. The Hall–Kier alpha value is -0.346. The highest BCUT2D eigenvalue weighted by Gasteiger charge is 2.07. The molecule has 0 nitrogen and oxygen atoms in total. The first kappa shape index (κ1) is 9.74. The summed E-state index contributed by atoms with van der Waals surface area (Å²) in [7, 11) is 2.38. The van der Waals surface area contributed by atoms with E-state index < -0.39 is 0 Å².